The average Bonchev–Trinajstić information content (AvgIpc) is 2.28. The van der Waals surface area contributed by atoms with E-state index >= 15 is 0 Å². The normalized spacial score (nSPS) is 12.2. The van der Waals surface area contributed by atoms with Crippen LogP contribution in [0.3, 0.4) is 0 Å². The highest BCUT2D eigenvalue weighted by atomic mass is 16.5. The number of rotatable bonds is 6. The van der Waals surface area contributed by atoms with E-state index in [1.165, 1.54) is 0 Å². The number of anilines is 1. The van der Waals surface area contributed by atoms with Gasteiger partial charge in [-0.25, -0.2) is 4.98 Å². The Bertz CT molecular complexity index is 292. The van der Waals surface area contributed by atoms with E-state index in [4.69, 9.17) is 9.47 Å². The molecule has 0 amide bonds. The number of nitrogens with zero attached hydrogens (tertiary/aromatic N) is 1. The van der Waals surface area contributed by atoms with Crippen LogP contribution in [0.2, 0.25) is 0 Å². The molecule has 0 saturated carbocycles. The van der Waals surface area contributed by atoms with E-state index in [1.54, 1.807) is 13.3 Å². The monoisotopic (exact) mass is 210 g/mol. The summed E-state index contributed by atoms with van der Waals surface area (Å²) in [6, 6.07) is 3.76. The van der Waals surface area contributed by atoms with Crippen LogP contribution in [0.4, 0.5) is 5.82 Å². The Labute approximate surface area is 90.6 Å². The predicted molar refractivity (Wildman–Crippen MR) is 60.4 cm³/mol. The molecule has 0 bridgehead atoms. The van der Waals surface area contributed by atoms with Gasteiger partial charge < -0.3 is 14.8 Å². The molecular weight excluding hydrogens is 192 g/mol. The van der Waals surface area contributed by atoms with Gasteiger partial charge in [-0.15, -0.1) is 0 Å². The van der Waals surface area contributed by atoms with Crippen molar-refractivity contribution in [2.45, 2.75) is 20.0 Å². The predicted octanol–water partition coefficient (Wildman–Crippen LogP) is 1.93. The molecule has 1 heterocycles. The minimum atomic E-state index is 0.154. The summed E-state index contributed by atoms with van der Waals surface area (Å²) < 4.78 is 10.6. The summed E-state index contributed by atoms with van der Waals surface area (Å²) in [6.45, 7) is 5.30. The Morgan fingerprint density at radius 3 is 3.00 bits per heavy atom. The molecule has 0 aliphatic rings. The molecule has 1 rings (SSSR count). The van der Waals surface area contributed by atoms with E-state index in [1.807, 2.05) is 26.0 Å². The Kier molecular flexibility index (Phi) is 4.90. The first-order valence-corrected chi connectivity index (χ1v) is 5.12. The van der Waals surface area contributed by atoms with Gasteiger partial charge in [0.25, 0.3) is 0 Å². The molecule has 4 nitrogen and oxygen atoms in total. The summed E-state index contributed by atoms with van der Waals surface area (Å²) >= 11 is 0. The first kappa shape index (κ1) is 11.8. The molecule has 15 heavy (non-hydrogen) atoms. The fourth-order valence-electron chi connectivity index (χ4n) is 1.12. The molecule has 4 heteroatoms. The van der Waals surface area contributed by atoms with Crippen LogP contribution in [0.25, 0.3) is 0 Å². The first-order chi connectivity index (χ1) is 7.27. The zero-order chi connectivity index (χ0) is 11.1. The third-order valence-corrected chi connectivity index (χ3v) is 2.03. The maximum atomic E-state index is 5.44. The lowest BCUT2D eigenvalue weighted by Crippen LogP contribution is -2.19. The highest BCUT2D eigenvalue weighted by molar-refractivity contribution is 5.49. The number of pyridine rings is 1. The summed E-state index contributed by atoms with van der Waals surface area (Å²) in [4.78, 5) is 4.21. The Morgan fingerprint density at radius 1 is 1.53 bits per heavy atom. The smallest absolute Gasteiger partial charge is 0.168 e. The maximum Gasteiger partial charge on any atom is 0.168 e. The number of methoxy groups -OCH3 is 1. The van der Waals surface area contributed by atoms with E-state index in [2.05, 4.69) is 10.3 Å². The van der Waals surface area contributed by atoms with Crippen molar-refractivity contribution in [2.75, 3.05) is 25.6 Å². The lowest BCUT2D eigenvalue weighted by atomic mass is 10.3. The topological polar surface area (TPSA) is 43.4 Å². The second kappa shape index (κ2) is 6.24. The molecule has 0 aliphatic heterocycles. The lowest BCUT2D eigenvalue weighted by Gasteiger charge is -2.13. The summed E-state index contributed by atoms with van der Waals surface area (Å²) in [5, 5.41) is 3.19. The molecule has 0 aliphatic carbocycles. The second-order valence-electron chi connectivity index (χ2n) is 3.21. The SMILES string of the molecule is CCOc1cccnc1NCC(C)OC. The molecule has 1 unspecified atom stereocenters. The third-order valence-electron chi connectivity index (χ3n) is 2.03. The van der Waals surface area contributed by atoms with Crippen LogP contribution in [0, 0.1) is 0 Å². The van der Waals surface area contributed by atoms with Gasteiger partial charge in [0.2, 0.25) is 0 Å². The van der Waals surface area contributed by atoms with E-state index < -0.39 is 0 Å². The van der Waals surface area contributed by atoms with Gasteiger partial charge in [0.15, 0.2) is 11.6 Å². The molecule has 1 atom stereocenters. The van der Waals surface area contributed by atoms with Crippen LogP contribution in [0.15, 0.2) is 18.3 Å². The zero-order valence-electron chi connectivity index (χ0n) is 9.49. The standard InChI is InChI=1S/C11H18N2O2/c1-4-15-10-6-5-7-12-11(10)13-8-9(2)14-3/h5-7,9H,4,8H2,1-3H3,(H,12,13). The van der Waals surface area contributed by atoms with Crippen molar-refractivity contribution in [3.63, 3.8) is 0 Å². The third kappa shape index (κ3) is 3.75. The maximum absolute atomic E-state index is 5.44. The summed E-state index contributed by atoms with van der Waals surface area (Å²) in [5.74, 6) is 1.55. The van der Waals surface area contributed by atoms with Gasteiger partial charge in [0, 0.05) is 19.9 Å². The molecule has 1 aromatic rings. The van der Waals surface area contributed by atoms with Crippen molar-refractivity contribution >= 4 is 5.82 Å². The molecule has 1 aromatic heterocycles. The Hall–Kier alpha value is -1.29. The van der Waals surface area contributed by atoms with E-state index in [-0.39, 0.29) is 6.10 Å². The lowest BCUT2D eigenvalue weighted by molar-refractivity contribution is 0.128. The molecule has 0 spiro atoms. The molecule has 1 N–H and O–H groups in total. The van der Waals surface area contributed by atoms with Gasteiger partial charge in [0.1, 0.15) is 0 Å². The summed E-state index contributed by atoms with van der Waals surface area (Å²) in [7, 11) is 1.69. The van der Waals surface area contributed by atoms with Crippen molar-refractivity contribution in [3.05, 3.63) is 18.3 Å². The minimum absolute atomic E-state index is 0.154. The van der Waals surface area contributed by atoms with Gasteiger partial charge >= 0.3 is 0 Å². The van der Waals surface area contributed by atoms with Crippen molar-refractivity contribution < 1.29 is 9.47 Å². The highest BCUT2D eigenvalue weighted by Crippen LogP contribution is 2.20. The van der Waals surface area contributed by atoms with Gasteiger partial charge in [-0.2, -0.15) is 0 Å². The minimum Gasteiger partial charge on any atom is -0.490 e. The second-order valence-corrected chi connectivity index (χ2v) is 3.21. The zero-order valence-corrected chi connectivity index (χ0v) is 9.49. The molecule has 0 aromatic carbocycles. The molecule has 84 valence electrons. The van der Waals surface area contributed by atoms with Crippen molar-refractivity contribution in [1.82, 2.24) is 4.98 Å². The van der Waals surface area contributed by atoms with Crippen molar-refractivity contribution in [2.24, 2.45) is 0 Å². The Balaban J connectivity index is 2.58. The number of hydrogen-bond acceptors (Lipinski definition) is 4. The number of ether oxygens (including phenoxy) is 2. The van der Waals surface area contributed by atoms with Gasteiger partial charge in [-0.3, -0.25) is 0 Å². The van der Waals surface area contributed by atoms with E-state index in [0.717, 1.165) is 11.6 Å². The quantitative estimate of drug-likeness (QED) is 0.779. The summed E-state index contributed by atoms with van der Waals surface area (Å²) in [5.41, 5.74) is 0. The van der Waals surface area contributed by atoms with Crippen molar-refractivity contribution in [1.29, 1.82) is 0 Å². The van der Waals surface area contributed by atoms with Crippen LogP contribution in [-0.2, 0) is 4.74 Å². The van der Waals surface area contributed by atoms with Crippen LogP contribution in [-0.4, -0.2) is 31.3 Å². The highest BCUT2D eigenvalue weighted by Gasteiger charge is 2.05. The molecule has 0 fully saturated rings. The van der Waals surface area contributed by atoms with Gasteiger partial charge in [-0.1, -0.05) is 0 Å². The van der Waals surface area contributed by atoms with Crippen LogP contribution >= 0.6 is 0 Å². The van der Waals surface area contributed by atoms with Crippen LogP contribution < -0.4 is 10.1 Å². The number of nitrogens with one attached hydrogen (secondary N) is 1. The number of hydrogen-bond donors (Lipinski definition) is 1. The van der Waals surface area contributed by atoms with Crippen LogP contribution in [0.1, 0.15) is 13.8 Å². The van der Waals surface area contributed by atoms with Crippen LogP contribution in [0.5, 0.6) is 5.75 Å². The van der Waals surface area contributed by atoms with E-state index in [0.29, 0.717) is 13.2 Å². The first-order valence-electron chi connectivity index (χ1n) is 5.12. The van der Waals surface area contributed by atoms with Gasteiger partial charge in [-0.05, 0) is 26.0 Å². The van der Waals surface area contributed by atoms with Gasteiger partial charge in [0.05, 0.1) is 12.7 Å². The van der Waals surface area contributed by atoms with E-state index in [9.17, 15) is 0 Å². The fraction of sp³-hybridized carbons (Fsp3) is 0.545. The van der Waals surface area contributed by atoms with Crippen molar-refractivity contribution in [3.8, 4) is 5.75 Å². The molecule has 0 radical (unpaired) electrons. The Morgan fingerprint density at radius 2 is 2.33 bits per heavy atom. The molecule has 0 saturated heterocycles. The fourth-order valence-corrected chi connectivity index (χ4v) is 1.12. The average molecular weight is 210 g/mol. The molecular formula is C11H18N2O2. The number of aromatic nitrogens is 1. The summed E-state index contributed by atoms with van der Waals surface area (Å²) in [6.07, 6.45) is 1.89. The largest absolute Gasteiger partial charge is 0.490 e.